The van der Waals surface area contributed by atoms with Gasteiger partial charge in [0.15, 0.2) is 0 Å². The Morgan fingerprint density at radius 3 is 2.56 bits per heavy atom. The smallest absolute Gasteiger partial charge is 0.335 e. The molecule has 3 nitrogen and oxygen atoms in total. The van der Waals surface area contributed by atoms with E-state index in [-0.39, 0.29) is 0 Å². The predicted octanol–water partition coefficient (Wildman–Crippen LogP) is 2.27. The standard InChI is InChI=1S/C13H17NO2/c15-13(16)12-5-3-11(4-6-12)9-14-8-7-10-1-2-10/h3-6,10,14H,1-2,7-9H2,(H,15,16). The number of benzene rings is 1. The molecule has 3 heteroatoms. The van der Waals surface area contributed by atoms with Crippen LogP contribution < -0.4 is 5.32 Å². The van der Waals surface area contributed by atoms with Crippen molar-refractivity contribution in [3.05, 3.63) is 35.4 Å². The average Bonchev–Trinajstić information content (AvgIpc) is 3.09. The molecule has 0 atom stereocenters. The molecule has 0 spiro atoms. The van der Waals surface area contributed by atoms with Gasteiger partial charge in [0, 0.05) is 6.54 Å². The molecule has 16 heavy (non-hydrogen) atoms. The van der Waals surface area contributed by atoms with Crippen molar-refractivity contribution in [2.45, 2.75) is 25.8 Å². The molecule has 0 radical (unpaired) electrons. The van der Waals surface area contributed by atoms with Crippen LogP contribution in [0.15, 0.2) is 24.3 Å². The predicted molar refractivity (Wildman–Crippen MR) is 62.4 cm³/mol. The van der Waals surface area contributed by atoms with Crippen LogP contribution in [0.1, 0.15) is 35.2 Å². The maximum Gasteiger partial charge on any atom is 0.335 e. The molecule has 2 rings (SSSR count). The van der Waals surface area contributed by atoms with E-state index in [9.17, 15) is 4.79 Å². The van der Waals surface area contributed by atoms with Crippen LogP contribution in [0.5, 0.6) is 0 Å². The lowest BCUT2D eigenvalue weighted by Crippen LogP contribution is -2.15. The SMILES string of the molecule is O=C(O)c1ccc(CNCCC2CC2)cc1. The van der Waals surface area contributed by atoms with Gasteiger partial charge in [0.05, 0.1) is 5.56 Å². The van der Waals surface area contributed by atoms with Gasteiger partial charge in [-0.25, -0.2) is 4.79 Å². The van der Waals surface area contributed by atoms with Crippen LogP contribution in [0, 0.1) is 5.92 Å². The first-order valence-electron chi connectivity index (χ1n) is 5.78. The molecule has 1 aromatic carbocycles. The van der Waals surface area contributed by atoms with Crippen molar-refractivity contribution < 1.29 is 9.90 Å². The van der Waals surface area contributed by atoms with Gasteiger partial charge in [0.2, 0.25) is 0 Å². The Kier molecular flexibility index (Phi) is 3.57. The van der Waals surface area contributed by atoms with E-state index in [4.69, 9.17) is 5.11 Å². The minimum atomic E-state index is -0.867. The van der Waals surface area contributed by atoms with E-state index in [0.29, 0.717) is 5.56 Å². The molecule has 1 aromatic rings. The van der Waals surface area contributed by atoms with Crippen LogP contribution >= 0.6 is 0 Å². The van der Waals surface area contributed by atoms with Crippen LogP contribution in [0.2, 0.25) is 0 Å². The average molecular weight is 219 g/mol. The maximum absolute atomic E-state index is 10.6. The Hall–Kier alpha value is -1.35. The molecule has 1 saturated carbocycles. The van der Waals surface area contributed by atoms with Crippen LogP contribution in [-0.4, -0.2) is 17.6 Å². The van der Waals surface area contributed by atoms with Crippen LogP contribution in [0.4, 0.5) is 0 Å². The highest BCUT2D eigenvalue weighted by Gasteiger charge is 2.19. The Morgan fingerprint density at radius 1 is 1.31 bits per heavy atom. The van der Waals surface area contributed by atoms with E-state index in [0.717, 1.165) is 24.6 Å². The van der Waals surface area contributed by atoms with Gasteiger partial charge < -0.3 is 10.4 Å². The van der Waals surface area contributed by atoms with Gasteiger partial charge in [0.1, 0.15) is 0 Å². The second-order valence-corrected chi connectivity index (χ2v) is 4.41. The fourth-order valence-corrected chi connectivity index (χ4v) is 1.71. The van der Waals surface area contributed by atoms with Gasteiger partial charge in [-0.1, -0.05) is 25.0 Å². The summed E-state index contributed by atoms with van der Waals surface area (Å²) in [5.41, 5.74) is 1.49. The second-order valence-electron chi connectivity index (χ2n) is 4.41. The molecule has 2 N–H and O–H groups in total. The number of hydrogen-bond donors (Lipinski definition) is 2. The highest BCUT2D eigenvalue weighted by Crippen LogP contribution is 2.31. The van der Waals surface area contributed by atoms with Crippen LogP contribution in [-0.2, 0) is 6.54 Å². The summed E-state index contributed by atoms with van der Waals surface area (Å²) in [6.45, 7) is 1.89. The van der Waals surface area contributed by atoms with Crippen molar-refractivity contribution in [3.63, 3.8) is 0 Å². The molecule has 0 heterocycles. The summed E-state index contributed by atoms with van der Waals surface area (Å²) in [5, 5.41) is 12.1. The third-order valence-corrected chi connectivity index (χ3v) is 2.96. The molecule has 0 aliphatic heterocycles. The first-order valence-corrected chi connectivity index (χ1v) is 5.78. The molecule has 0 bridgehead atoms. The Bertz CT molecular complexity index is 355. The molecular formula is C13H17NO2. The summed E-state index contributed by atoms with van der Waals surface area (Å²) < 4.78 is 0. The molecule has 86 valence electrons. The van der Waals surface area contributed by atoms with E-state index in [1.807, 2.05) is 12.1 Å². The van der Waals surface area contributed by atoms with Gasteiger partial charge >= 0.3 is 5.97 Å². The van der Waals surface area contributed by atoms with Crippen molar-refractivity contribution in [1.29, 1.82) is 0 Å². The monoisotopic (exact) mass is 219 g/mol. The van der Waals surface area contributed by atoms with Crippen LogP contribution in [0.3, 0.4) is 0 Å². The van der Waals surface area contributed by atoms with Gasteiger partial charge in [0.25, 0.3) is 0 Å². The van der Waals surface area contributed by atoms with E-state index in [1.54, 1.807) is 12.1 Å². The van der Waals surface area contributed by atoms with Crippen molar-refractivity contribution in [3.8, 4) is 0 Å². The quantitative estimate of drug-likeness (QED) is 0.722. The van der Waals surface area contributed by atoms with E-state index in [1.165, 1.54) is 19.3 Å². The minimum absolute atomic E-state index is 0.349. The van der Waals surface area contributed by atoms with Crippen LogP contribution in [0.25, 0.3) is 0 Å². The third kappa shape index (κ3) is 3.35. The number of nitrogens with one attached hydrogen (secondary N) is 1. The number of aromatic carboxylic acids is 1. The molecule has 0 unspecified atom stereocenters. The minimum Gasteiger partial charge on any atom is -0.478 e. The number of carbonyl (C=O) groups is 1. The Morgan fingerprint density at radius 2 is 2.00 bits per heavy atom. The maximum atomic E-state index is 10.6. The lowest BCUT2D eigenvalue weighted by molar-refractivity contribution is 0.0697. The molecule has 1 aliphatic carbocycles. The van der Waals surface area contributed by atoms with Gasteiger partial charge in [-0.05, 0) is 36.6 Å². The highest BCUT2D eigenvalue weighted by atomic mass is 16.4. The highest BCUT2D eigenvalue weighted by molar-refractivity contribution is 5.87. The van der Waals surface area contributed by atoms with Crippen molar-refractivity contribution in [2.75, 3.05) is 6.54 Å². The Balaban J connectivity index is 1.73. The topological polar surface area (TPSA) is 49.3 Å². The van der Waals surface area contributed by atoms with E-state index < -0.39 is 5.97 Å². The lowest BCUT2D eigenvalue weighted by Gasteiger charge is -2.04. The number of carboxylic acids is 1. The zero-order valence-corrected chi connectivity index (χ0v) is 9.28. The summed E-state index contributed by atoms with van der Waals surface area (Å²) in [4.78, 5) is 10.6. The molecule has 1 fully saturated rings. The zero-order valence-electron chi connectivity index (χ0n) is 9.28. The summed E-state index contributed by atoms with van der Waals surface area (Å²) in [5.74, 6) is 0.0927. The molecule has 0 aromatic heterocycles. The first kappa shape index (κ1) is 11.1. The van der Waals surface area contributed by atoms with Crippen molar-refractivity contribution >= 4 is 5.97 Å². The Labute approximate surface area is 95.5 Å². The van der Waals surface area contributed by atoms with Crippen molar-refractivity contribution in [1.82, 2.24) is 5.32 Å². The third-order valence-electron chi connectivity index (χ3n) is 2.96. The second kappa shape index (κ2) is 5.12. The normalized spacial score (nSPS) is 15.0. The van der Waals surface area contributed by atoms with Crippen molar-refractivity contribution in [2.24, 2.45) is 5.92 Å². The summed E-state index contributed by atoms with van der Waals surface area (Å²) in [6.07, 6.45) is 4.07. The summed E-state index contributed by atoms with van der Waals surface area (Å²) in [7, 11) is 0. The molecule has 0 amide bonds. The molecule has 1 aliphatic rings. The number of carboxylic acid groups (broad SMARTS) is 1. The number of rotatable bonds is 6. The van der Waals surface area contributed by atoms with E-state index >= 15 is 0 Å². The molecule has 0 saturated heterocycles. The lowest BCUT2D eigenvalue weighted by atomic mass is 10.1. The molecular weight excluding hydrogens is 202 g/mol. The van der Waals surface area contributed by atoms with E-state index in [2.05, 4.69) is 5.32 Å². The van der Waals surface area contributed by atoms with Gasteiger partial charge in [-0.2, -0.15) is 0 Å². The number of hydrogen-bond acceptors (Lipinski definition) is 2. The van der Waals surface area contributed by atoms with Gasteiger partial charge in [-0.15, -0.1) is 0 Å². The fraction of sp³-hybridized carbons (Fsp3) is 0.462. The zero-order chi connectivity index (χ0) is 11.4. The largest absolute Gasteiger partial charge is 0.478 e. The summed E-state index contributed by atoms with van der Waals surface area (Å²) >= 11 is 0. The summed E-state index contributed by atoms with van der Waals surface area (Å²) in [6, 6.07) is 7.04. The van der Waals surface area contributed by atoms with Gasteiger partial charge in [-0.3, -0.25) is 0 Å². The fourth-order valence-electron chi connectivity index (χ4n) is 1.71. The first-order chi connectivity index (χ1) is 7.75.